The van der Waals surface area contributed by atoms with E-state index in [-0.39, 0.29) is 5.82 Å². The zero-order valence-corrected chi connectivity index (χ0v) is 7.62. The first-order chi connectivity index (χ1) is 6.72. The molecule has 0 atom stereocenters. The Hall–Kier alpha value is -1.84. The summed E-state index contributed by atoms with van der Waals surface area (Å²) in [5, 5.41) is 0.805. The minimum atomic E-state index is -0.274. The Morgan fingerprint density at radius 1 is 1.50 bits per heavy atom. The van der Waals surface area contributed by atoms with Gasteiger partial charge >= 0.3 is 0 Å². The number of benzene rings is 1. The van der Waals surface area contributed by atoms with Crippen LogP contribution in [0.25, 0.3) is 10.9 Å². The molecule has 2 aromatic rings. The molecule has 0 aliphatic rings. The van der Waals surface area contributed by atoms with E-state index in [4.69, 9.17) is 0 Å². The average molecular weight is 192 g/mol. The molecule has 1 N–H and O–H groups in total. The van der Waals surface area contributed by atoms with Crippen molar-refractivity contribution in [3.63, 3.8) is 0 Å². The summed E-state index contributed by atoms with van der Waals surface area (Å²) in [5.74, 6) is -0.274. The quantitative estimate of drug-likeness (QED) is 0.723. The SMILES string of the molecule is Cc1cn(NC=O)c2ccc(F)cc12. The third-order valence-corrected chi connectivity index (χ3v) is 2.16. The molecule has 0 aliphatic carbocycles. The zero-order valence-electron chi connectivity index (χ0n) is 7.62. The van der Waals surface area contributed by atoms with Crippen LogP contribution < -0.4 is 5.43 Å². The van der Waals surface area contributed by atoms with Crippen LogP contribution in [-0.4, -0.2) is 11.1 Å². The van der Waals surface area contributed by atoms with E-state index in [0.717, 1.165) is 16.5 Å². The number of hydrogen-bond donors (Lipinski definition) is 1. The van der Waals surface area contributed by atoms with Crippen molar-refractivity contribution in [1.29, 1.82) is 0 Å². The van der Waals surface area contributed by atoms with Crippen molar-refractivity contribution in [2.24, 2.45) is 0 Å². The maximum absolute atomic E-state index is 12.9. The predicted octanol–water partition coefficient (Wildman–Crippen LogP) is 1.79. The highest BCUT2D eigenvalue weighted by atomic mass is 19.1. The minimum Gasteiger partial charge on any atom is -0.277 e. The monoisotopic (exact) mass is 192 g/mol. The number of hydrogen-bond acceptors (Lipinski definition) is 1. The molecule has 0 spiro atoms. The van der Waals surface area contributed by atoms with Gasteiger partial charge in [0, 0.05) is 11.6 Å². The molecule has 2 rings (SSSR count). The largest absolute Gasteiger partial charge is 0.277 e. The molecule has 4 heteroatoms. The summed E-state index contributed by atoms with van der Waals surface area (Å²) in [6, 6.07) is 4.45. The second-order valence-corrected chi connectivity index (χ2v) is 3.09. The number of rotatable bonds is 2. The van der Waals surface area contributed by atoms with Crippen LogP contribution in [0.1, 0.15) is 5.56 Å². The van der Waals surface area contributed by atoms with E-state index in [1.165, 1.54) is 12.1 Å². The van der Waals surface area contributed by atoms with Gasteiger partial charge in [0.15, 0.2) is 0 Å². The molecule has 0 aliphatic heterocycles. The van der Waals surface area contributed by atoms with E-state index in [1.54, 1.807) is 16.9 Å². The van der Waals surface area contributed by atoms with Gasteiger partial charge in [-0.15, -0.1) is 0 Å². The van der Waals surface area contributed by atoms with Crippen LogP contribution in [0.15, 0.2) is 24.4 Å². The van der Waals surface area contributed by atoms with Crippen molar-refractivity contribution in [2.45, 2.75) is 6.92 Å². The van der Waals surface area contributed by atoms with Gasteiger partial charge in [-0.2, -0.15) is 0 Å². The summed E-state index contributed by atoms with van der Waals surface area (Å²) in [6.45, 7) is 1.87. The van der Waals surface area contributed by atoms with E-state index in [1.807, 2.05) is 6.92 Å². The maximum atomic E-state index is 12.9. The summed E-state index contributed by atoms with van der Waals surface area (Å²) in [6.07, 6.45) is 2.33. The lowest BCUT2D eigenvalue weighted by Crippen LogP contribution is -2.10. The van der Waals surface area contributed by atoms with Crippen molar-refractivity contribution in [1.82, 2.24) is 4.68 Å². The Labute approximate surface area is 80.1 Å². The first-order valence-corrected chi connectivity index (χ1v) is 4.20. The van der Waals surface area contributed by atoms with Gasteiger partial charge in [-0.1, -0.05) is 0 Å². The molecule has 1 heterocycles. The lowest BCUT2D eigenvalue weighted by molar-refractivity contribution is -0.106. The molecule has 1 aromatic heterocycles. The number of nitrogens with one attached hydrogen (secondary N) is 1. The Bertz CT molecular complexity index is 490. The fourth-order valence-corrected chi connectivity index (χ4v) is 1.53. The van der Waals surface area contributed by atoms with Crippen molar-refractivity contribution in [2.75, 3.05) is 5.43 Å². The highest BCUT2D eigenvalue weighted by Crippen LogP contribution is 2.20. The van der Waals surface area contributed by atoms with Gasteiger partial charge in [-0.3, -0.25) is 14.9 Å². The molecular formula is C10H9FN2O. The van der Waals surface area contributed by atoms with Crippen LogP contribution in [0.3, 0.4) is 0 Å². The van der Waals surface area contributed by atoms with Crippen molar-refractivity contribution >= 4 is 17.3 Å². The molecule has 3 nitrogen and oxygen atoms in total. The average Bonchev–Trinajstić information content (AvgIpc) is 2.44. The van der Waals surface area contributed by atoms with Gasteiger partial charge in [0.2, 0.25) is 6.41 Å². The Morgan fingerprint density at radius 3 is 3.00 bits per heavy atom. The normalized spacial score (nSPS) is 10.4. The van der Waals surface area contributed by atoms with E-state index in [9.17, 15) is 9.18 Å². The van der Waals surface area contributed by atoms with Gasteiger partial charge in [0.05, 0.1) is 5.52 Å². The van der Waals surface area contributed by atoms with Crippen molar-refractivity contribution in [3.8, 4) is 0 Å². The molecule has 1 amide bonds. The van der Waals surface area contributed by atoms with Gasteiger partial charge < -0.3 is 0 Å². The van der Waals surface area contributed by atoms with Gasteiger partial charge in [-0.05, 0) is 30.7 Å². The number of carbonyl (C=O) groups is 1. The summed E-state index contributed by atoms with van der Waals surface area (Å²) < 4.78 is 14.5. The Kier molecular flexibility index (Phi) is 1.96. The van der Waals surface area contributed by atoms with E-state index >= 15 is 0 Å². The number of halogens is 1. The van der Waals surface area contributed by atoms with Crippen molar-refractivity contribution < 1.29 is 9.18 Å². The van der Waals surface area contributed by atoms with E-state index in [0.29, 0.717) is 6.41 Å². The molecule has 1 aromatic carbocycles. The third kappa shape index (κ3) is 1.25. The predicted molar refractivity (Wildman–Crippen MR) is 52.1 cm³/mol. The van der Waals surface area contributed by atoms with Crippen molar-refractivity contribution in [3.05, 3.63) is 35.8 Å². The molecule has 0 radical (unpaired) electrons. The van der Waals surface area contributed by atoms with Crippen LogP contribution in [-0.2, 0) is 4.79 Å². The van der Waals surface area contributed by atoms with Crippen LogP contribution in [0, 0.1) is 12.7 Å². The van der Waals surface area contributed by atoms with E-state index < -0.39 is 0 Å². The summed E-state index contributed by atoms with van der Waals surface area (Å²) in [5.41, 5.74) is 4.22. The topological polar surface area (TPSA) is 34.0 Å². The Balaban J connectivity index is 2.70. The van der Waals surface area contributed by atoms with Crippen LogP contribution in [0.4, 0.5) is 4.39 Å². The first-order valence-electron chi connectivity index (χ1n) is 4.20. The van der Waals surface area contributed by atoms with E-state index in [2.05, 4.69) is 5.43 Å². The summed E-state index contributed by atoms with van der Waals surface area (Å²) in [4.78, 5) is 10.3. The molecular weight excluding hydrogens is 183 g/mol. The zero-order chi connectivity index (χ0) is 10.1. The number of aromatic nitrogens is 1. The Morgan fingerprint density at radius 2 is 2.29 bits per heavy atom. The van der Waals surface area contributed by atoms with Gasteiger partial charge in [0.1, 0.15) is 5.82 Å². The standard InChI is InChI=1S/C10H9FN2O/c1-7-5-13(12-6-14)10-3-2-8(11)4-9(7)10/h2-6H,1H3,(H,12,14). The second-order valence-electron chi connectivity index (χ2n) is 3.09. The number of nitrogens with zero attached hydrogens (tertiary/aromatic N) is 1. The fraction of sp³-hybridized carbons (Fsp3) is 0.100. The lowest BCUT2D eigenvalue weighted by Gasteiger charge is -2.00. The first kappa shape index (κ1) is 8.74. The highest BCUT2D eigenvalue weighted by molar-refractivity contribution is 5.85. The minimum absolute atomic E-state index is 0.274. The number of aryl methyl sites for hydroxylation is 1. The van der Waals surface area contributed by atoms with Crippen LogP contribution >= 0.6 is 0 Å². The molecule has 0 bridgehead atoms. The van der Waals surface area contributed by atoms with Crippen LogP contribution in [0.2, 0.25) is 0 Å². The second kappa shape index (κ2) is 3.14. The molecule has 0 saturated carbocycles. The molecule has 0 fully saturated rings. The third-order valence-electron chi connectivity index (χ3n) is 2.16. The highest BCUT2D eigenvalue weighted by Gasteiger charge is 2.05. The number of amides is 1. The number of fused-ring (bicyclic) bond motifs is 1. The molecule has 14 heavy (non-hydrogen) atoms. The summed E-state index contributed by atoms with van der Waals surface area (Å²) in [7, 11) is 0. The molecule has 0 saturated heterocycles. The van der Waals surface area contributed by atoms with Crippen LogP contribution in [0.5, 0.6) is 0 Å². The van der Waals surface area contributed by atoms with Gasteiger partial charge in [0.25, 0.3) is 0 Å². The molecule has 0 unspecified atom stereocenters. The van der Waals surface area contributed by atoms with Gasteiger partial charge in [-0.25, -0.2) is 4.39 Å². The lowest BCUT2D eigenvalue weighted by atomic mass is 10.2. The number of carbonyl (C=O) groups excluding carboxylic acids is 1. The summed E-state index contributed by atoms with van der Waals surface area (Å²) >= 11 is 0. The smallest absolute Gasteiger partial charge is 0.226 e. The maximum Gasteiger partial charge on any atom is 0.226 e. The fourth-order valence-electron chi connectivity index (χ4n) is 1.53. The molecule has 72 valence electrons.